The number of hydrogen-bond donors (Lipinski definition) is 3. The second-order valence-corrected chi connectivity index (χ2v) is 7.64. The summed E-state index contributed by atoms with van der Waals surface area (Å²) in [6, 6.07) is 9.40. The molecule has 5 nitrogen and oxygen atoms in total. The zero-order chi connectivity index (χ0) is 18.2. The number of likely N-dealkylation sites (tertiary alicyclic amines) is 1. The van der Waals surface area contributed by atoms with E-state index in [1.165, 1.54) is 36.8 Å². The summed E-state index contributed by atoms with van der Waals surface area (Å²) in [7, 11) is 0. The Bertz CT molecular complexity index is 564. The van der Waals surface area contributed by atoms with Crippen molar-refractivity contribution in [1.29, 1.82) is 0 Å². The molecule has 1 aromatic carbocycles. The number of benzene rings is 1. The minimum atomic E-state index is -0.102. The lowest BCUT2D eigenvalue weighted by Gasteiger charge is -2.29. The number of nitrogens with one attached hydrogen (secondary N) is 2. The van der Waals surface area contributed by atoms with Crippen molar-refractivity contribution in [3.05, 3.63) is 35.4 Å². The van der Waals surface area contributed by atoms with Crippen molar-refractivity contribution < 1.29 is 5.11 Å². The molecule has 1 aliphatic carbocycles. The fourth-order valence-electron chi connectivity index (χ4n) is 3.84. The smallest absolute Gasteiger partial charge is 0.191 e. The lowest BCUT2D eigenvalue weighted by atomic mass is 10.1. The highest BCUT2D eigenvalue weighted by Gasteiger charge is 2.17. The van der Waals surface area contributed by atoms with Crippen LogP contribution in [0.25, 0.3) is 0 Å². The van der Waals surface area contributed by atoms with Gasteiger partial charge < -0.3 is 15.7 Å². The summed E-state index contributed by atoms with van der Waals surface area (Å²) in [6.45, 7) is 6.67. The van der Waals surface area contributed by atoms with E-state index in [-0.39, 0.29) is 30.1 Å². The third kappa shape index (κ3) is 7.58. The molecule has 0 unspecified atom stereocenters. The van der Waals surface area contributed by atoms with Crippen LogP contribution in [0, 0.1) is 0 Å². The van der Waals surface area contributed by atoms with Crippen molar-refractivity contribution in [2.45, 2.75) is 70.7 Å². The van der Waals surface area contributed by atoms with Crippen molar-refractivity contribution in [2.75, 3.05) is 19.6 Å². The number of aliphatic imine (C=N–C) groups is 1. The maximum absolute atomic E-state index is 9.61. The molecule has 0 radical (unpaired) electrons. The van der Waals surface area contributed by atoms with Crippen LogP contribution >= 0.6 is 24.0 Å². The van der Waals surface area contributed by atoms with Gasteiger partial charge in [-0.2, -0.15) is 0 Å². The predicted octanol–water partition coefficient (Wildman–Crippen LogP) is 3.26. The van der Waals surface area contributed by atoms with Crippen LogP contribution in [0.5, 0.6) is 0 Å². The van der Waals surface area contributed by atoms with Gasteiger partial charge in [0.05, 0.1) is 12.6 Å². The highest BCUT2D eigenvalue weighted by molar-refractivity contribution is 14.0. The molecule has 1 heterocycles. The van der Waals surface area contributed by atoms with Gasteiger partial charge in [-0.1, -0.05) is 37.1 Å². The topological polar surface area (TPSA) is 59.9 Å². The Hall–Kier alpha value is -0.860. The standard InChI is InChI=1S/C21H34N4O.HI/c1-2-22-21(24-19-5-3-4-6-19)23-15-17-7-9-18(10-8-17)16-25-13-11-20(26)12-14-25;/h7-10,19-20,26H,2-6,11-16H2,1H3,(H2,22,23,24);1H. The molecule has 0 atom stereocenters. The zero-order valence-corrected chi connectivity index (χ0v) is 18.8. The van der Waals surface area contributed by atoms with E-state index in [9.17, 15) is 5.11 Å². The fourth-order valence-corrected chi connectivity index (χ4v) is 3.84. The monoisotopic (exact) mass is 486 g/mol. The number of halogens is 1. The van der Waals surface area contributed by atoms with Gasteiger partial charge in [-0.15, -0.1) is 24.0 Å². The van der Waals surface area contributed by atoms with Crippen LogP contribution < -0.4 is 10.6 Å². The maximum atomic E-state index is 9.61. The lowest BCUT2D eigenvalue weighted by molar-refractivity contribution is 0.0792. The minimum Gasteiger partial charge on any atom is -0.393 e. The van der Waals surface area contributed by atoms with Crippen LogP contribution in [0.3, 0.4) is 0 Å². The molecule has 0 bridgehead atoms. The van der Waals surface area contributed by atoms with E-state index in [4.69, 9.17) is 4.99 Å². The van der Waals surface area contributed by atoms with E-state index in [1.54, 1.807) is 0 Å². The molecule has 1 saturated carbocycles. The Balaban J connectivity index is 0.00000261. The number of aliphatic hydroxyl groups excluding tert-OH is 1. The molecule has 3 rings (SSSR count). The van der Waals surface area contributed by atoms with Gasteiger partial charge in [-0.05, 0) is 43.7 Å². The van der Waals surface area contributed by atoms with Gasteiger partial charge in [0.15, 0.2) is 5.96 Å². The molecule has 1 aromatic rings. The quantitative estimate of drug-likeness (QED) is 0.328. The molecule has 6 heteroatoms. The number of guanidine groups is 1. The molecule has 27 heavy (non-hydrogen) atoms. The van der Waals surface area contributed by atoms with E-state index in [0.29, 0.717) is 12.6 Å². The van der Waals surface area contributed by atoms with Crippen molar-refractivity contribution in [3.63, 3.8) is 0 Å². The highest BCUT2D eigenvalue weighted by Crippen LogP contribution is 2.17. The van der Waals surface area contributed by atoms with Crippen LogP contribution in [-0.2, 0) is 13.1 Å². The van der Waals surface area contributed by atoms with E-state index in [2.05, 4.69) is 46.7 Å². The van der Waals surface area contributed by atoms with Gasteiger partial charge in [0.2, 0.25) is 0 Å². The average Bonchev–Trinajstić information content (AvgIpc) is 3.16. The Kier molecular flexibility index (Phi) is 9.86. The van der Waals surface area contributed by atoms with Crippen LogP contribution in [0.2, 0.25) is 0 Å². The molecule has 2 aliphatic rings. The molecule has 3 N–H and O–H groups in total. The third-order valence-corrected chi connectivity index (χ3v) is 5.45. The fraction of sp³-hybridized carbons (Fsp3) is 0.667. The summed E-state index contributed by atoms with van der Waals surface area (Å²) < 4.78 is 0. The van der Waals surface area contributed by atoms with Gasteiger partial charge in [0, 0.05) is 32.2 Å². The number of aliphatic hydroxyl groups is 1. The van der Waals surface area contributed by atoms with Crippen LogP contribution in [0.1, 0.15) is 56.6 Å². The van der Waals surface area contributed by atoms with Gasteiger partial charge >= 0.3 is 0 Å². The second-order valence-electron chi connectivity index (χ2n) is 7.64. The van der Waals surface area contributed by atoms with E-state index in [0.717, 1.165) is 45.0 Å². The van der Waals surface area contributed by atoms with Gasteiger partial charge in [0.1, 0.15) is 0 Å². The number of rotatable bonds is 6. The SMILES string of the molecule is CCNC(=NCc1ccc(CN2CCC(O)CC2)cc1)NC1CCCC1.I. The van der Waals surface area contributed by atoms with Crippen molar-refractivity contribution in [2.24, 2.45) is 4.99 Å². The summed E-state index contributed by atoms with van der Waals surface area (Å²) >= 11 is 0. The van der Waals surface area contributed by atoms with Gasteiger partial charge in [-0.25, -0.2) is 4.99 Å². The molecule has 0 aromatic heterocycles. The summed E-state index contributed by atoms with van der Waals surface area (Å²) in [5, 5.41) is 16.5. The molecule has 1 saturated heterocycles. The summed E-state index contributed by atoms with van der Waals surface area (Å²) in [5.41, 5.74) is 2.58. The van der Waals surface area contributed by atoms with Gasteiger partial charge in [0.25, 0.3) is 0 Å². The first-order valence-corrected chi connectivity index (χ1v) is 10.3. The first kappa shape index (κ1) is 22.4. The third-order valence-electron chi connectivity index (χ3n) is 5.45. The number of nitrogens with zero attached hydrogens (tertiary/aromatic N) is 2. The number of hydrogen-bond acceptors (Lipinski definition) is 3. The first-order chi connectivity index (χ1) is 12.7. The lowest BCUT2D eigenvalue weighted by Crippen LogP contribution is -2.42. The van der Waals surface area contributed by atoms with Crippen molar-refractivity contribution in [1.82, 2.24) is 15.5 Å². The van der Waals surface area contributed by atoms with E-state index in [1.807, 2.05) is 0 Å². The Morgan fingerprint density at radius 3 is 2.33 bits per heavy atom. The summed E-state index contributed by atoms with van der Waals surface area (Å²) in [5.74, 6) is 0.940. The predicted molar refractivity (Wildman–Crippen MR) is 123 cm³/mol. The molecule has 152 valence electrons. The van der Waals surface area contributed by atoms with Crippen LogP contribution in [0.15, 0.2) is 29.3 Å². The number of piperidine rings is 1. The normalized spacial score (nSPS) is 19.7. The highest BCUT2D eigenvalue weighted by atomic mass is 127. The van der Waals surface area contributed by atoms with Crippen LogP contribution in [0.4, 0.5) is 0 Å². The Morgan fingerprint density at radius 1 is 1.07 bits per heavy atom. The van der Waals surface area contributed by atoms with Crippen molar-refractivity contribution >= 4 is 29.9 Å². The maximum Gasteiger partial charge on any atom is 0.191 e. The van der Waals surface area contributed by atoms with Gasteiger partial charge in [-0.3, -0.25) is 4.90 Å². The molecule has 1 aliphatic heterocycles. The second kappa shape index (κ2) is 11.9. The minimum absolute atomic E-state index is 0. The molecule has 0 spiro atoms. The summed E-state index contributed by atoms with van der Waals surface area (Å²) in [6.07, 6.45) is 6.86. The average molecular weight is 486 g/mol. The Labute approximate surface area is 181 Å². The zero-order valence-electron chi connectivity index (χ0n) is 16.5. The largest absolute Gasteiger partial charge is 0.393 e. The molecular formula is C21H35IN4O. The summed E-state index contributed by atoms with van der Waals surface area (Å²) in [4.78, 5) is 7.18. The van der Waals surface area contributed by atoms with Crippen LogP contribution in [-0.4, -0.2) is 47.7 Å². The van der Waals surface area contributed by atoms with Crippen molar-refractivity contribution in [3.8, 4) is 0 Å². The van der Waals surface area contributed by atoms with E-state index >= 15 is 0 Å². The first-order valence-electron chi connectivity index (χ1n) is 10.3. The Morgan fingerprint density at radius 2 is 1.70 bits per heavy atom. The van der Waals surface area contributed by atoms with E-state index < -0.39 is 0 Å². The molecule has 2 fully saturated rings. The molecular weight excluding hydrogens is 451 g/mol. The molecule has 0 amide bonds.